The summed E-state index contributed by atoms with van der Waals surface area (Å²) >= 11 is 0. The maximum atomic E-state index is 13.1. The number of hydrogen-bond acceptors (Lipinski definition) is 3. The number of nitriles is 1. The molecular formula is C13H14FN3O. The Morgan fingerprint density at radius 1 is 1.50 bits per heavy atom. The summed E-state index contributed by atoms with van der Waals surface area (Å²) in [5.41, 5.74) is 0.206. The average molecular weight is 247 g/mol. The Morgan fingerprint density at radius 3 is 2.83 bits per heavy atom. The van der Waals surface area contributed by atoms with Crippen LogP contribution in [0.1, 0.15) is 36.0 Å². The summed E-state index contributed by atoms with van der Waals surface area (Å²) in [6, 6.07) is 3.26. The normalized spacial score (nSPS) is 15.3. The fourth-order valence-corrected chi connectivity index (χ4v) is 2.35. The number of rotatable bonds is 3. The van der Waals surface area contributed by atoms with E-state index >= 15 is 0 Å². The number of pyridine rings is 1. The molecule has 0 spiro atoms. The molecular weight excluding hydrogens is 233 g/mol. The first-order valence-electron chi connectivity index (χ1n) is 6.01. The van der Waals surface area contributed by atoms with Crippen molar-refractivity contribution in [2.24, 2.45) is 0 Å². The first-order chi connectivity index (χ1) is 8.72. The van der Waals surface area contributed by atoms with Crippen molar-refractivity contribution in [3.05, 3.63) is 29.8 Å². The van der Waals surface area contributed by atoms with Crippen molar-refractivity contribution in [1.29, 1.82) is 5.26 Å². The van der Waals surface area contributed by atoms with Gasteiger partial charge in [-0.3, -0.25) is 9.78 Å². The lowest BCUT2D eigenvalue weighted by atomic mass is 10.1. The molecule has 0 atom stereocenters. The molecule has 0 radical (unpaired) electrons. The maximum Gasteiger partial charge on any atom is 0.256 e. The highest BCUT2D eigenvalue weighted by atomic mass is 19.1. The highest BCUT2D eigenvalue weighted by molar-refractivity contribution is 5.94. The predicted molar refractivity (Wildman–Crippen MR) is 63.1 cm³/mol. The summed E-state index contributed by atoms with van der Waals surface area (Å²) < 4.78 is 13.1. The molecule has 4 nitrogen and oxygen atoms in total. The van der Waals surface area contributed by atoms with E-state index < -0.39 is 5.82 Å². The minimum Gasteiger partial charge on any atom is -0.322 e. The highest BCUT2D eigenvalue weighted by Gasteiger charge is 2.27. The molecule has 1 fully saturated rings. The Hall–Kier alpha value is -1.96. The van der Waals surface area contributed by atoms with Crippen LogP contribution in [-0.4, -0.2) is 28.4 Å². The molecule has 1 saturated carbocycles. The van der Waals surface area contributed by atoms with Crippen LogP contribution in [0, 0.1) is 17.1 Å². The molecule has 0 bridgehead atoms. The van der Waals surface area contributed by atoms with Crippen molar-refractivity contribution < 1.29 is 9.18 Å². The van der Waals surface area contributed by atoms with Crippen LogP contribution in [-0.2, 0) is 0 Å². The van der Waals surface area contributed by atoms with Crippen molar-refractivity contribution in [3.8, 4) is 6.07 Å². The first kappa shape index (κ1) is 12.5. The number of amides is 1. The van der Waals surface area contributed by atoms with Gasteiger partial charge in [0.1, 0.15) is 12.4 Å². The number of halogens is 1. The van der Waals surface area contributed by atoms with Crippen LogP contribution in [0.15, 0.2) is 18.5 Å². The Morgan fingerprint density at radius 2 is 2.22 bits per heavy atom. The van der Waals surface area contributed by atoms with Crippen LogP contribution in [0.5, 0.6) is 0 Å². The van der Waals surface area contributed by atoms with E-state index in [1.807, 2.05) is 6.07 Å². The molecule has 18 heavy (non-hydrogen) atoms. The fraction of sp³-hybridized carbons (Fsp3) is 0.462. The van der Waals surface area contributed by atoms with Crippen LogP contribution in [0.2, 0.25) is 0 Å². The third-order valence-electron chi connectivity index (χ3n) is 3.22. The molecule has 1 amide bonds. The van der Waals surface area contributed by atoms with Gasteiger partial charge >= 0.3 is 0 Å². The fourth-order valence-electron chi connectivity index (χ4n) is 2.35. The summed E-state index contributed by atoms with van der Waals surface area (Å²) in [5.74, 6) is -0.848. The van der Waals surface area contributed by atoms with Gasteiger partial charge in [-0.05, 0) is 18.9 Å². The zero-order valence-corrected chi connectivity index (χ0v) is 9.97. The second kappa shape index (κ2) is 5.58. The molecule has 0 N–H and O–H groups in total. The summed E-state index contributed by atoms with van der Waals surface area (Å²) in [4.78, 5) is 17.4. The van der Waals surface area contributed by atoms with Crippen LogP contribution < -0.4 is 0 Å². The van der Waals surface area contributed by atoms with Gasteiger partial charge in [0.2, 0.25) is 0 Å². The summed E-state index contributed by atoms with van der Waals surface area (Å²) in [5, 5.41) is 8.81. The largest absolute Gasteiger partial charge is 0.322 e. The van der Waals surface area contributed by atoms with Crippen LogP contribution >= 0.6 is 0 Å². The lowest BCUT2D eigenvalue weighted by Gasteiger charge is -2.26. The molecule has 1 aromatic heterocycles. The molecule has 1 aliphatic carbocycles. The van der Waals surface area contributed by atoms with Gasteiger partial charge in [0.25, 0.3) is 5.91 Å². The molecule has 2 rings (SSSR count). The van der Waals surface area contributed by atoms with Crippen molar-refractivity contribution in [2.75, 3.05) is 6.54 Å². The van der Waals surface area contributed by atoms with E-state index in [2.05, 4.69) is 4.98 Å². The standard InChI is InChI=1S/C13H14FN3O/c14-11-7-10(8-16-9-11)13(18)17(6-5-15)12-3-1-2-4-12/h7-9,12H,1-4,6H2. The van der Waals surface area contributed by atoms with E-state index in [1.54, 1.807) is 0 Å². The quantitative estimate of drug-likeness (QED) is 0.769. The third-order valence-corrected chi connectivity index (χ3v) is 3.22. The number of carbonyl (C=O) groups is 1. The molecule has 1 heterocycles. The predicted octanol–water partition coefficient (Wildman–Crippen LogP) is 2.13. The van der Waals surface area contributed by atoms with Gasteiger partial charge in [0.05, 0.1) is 17.8 Å². The summed E-state index contributed by atoms with van der Waals surface area (Å²) in [6.45, 7) is 0.0417. The summed E-state index contributed by atoms with van der Waals surface area (Å²) in [6.07, 6.45) is 6.36. The second-order valence-corrected chi connectivity index (χ2v) is 4.42. The minimum absolute atomic E-state index is 0.0417. The minimum atomic E-state index is -0.538. The Labute approximate surface area is 105 Å². The Bertz CT molecular complexity index is 477. The average Bonchev–Trinajstić information content (AvgIpc) is 2.89. The van der Waals surface area contributed by atoms with E-state index in [1.165, 1.54) is 11.1 Å². The summed E-state index contributed by atoms with van der Waals surface area (Å²) in [7, 11) is 0. The van der Waals surface area contributed by atoms with Crippen molar-refractivity contribution in [3.63, 3.8) is 0 Å². The van der Waals surface area contributed by atoms with Gasteiger partial charge in [0.15, 0.2) is 0 Å². The van der Waals surface area contributed by atoms with Crippen molar-refractivity contribution >= 4 is 5.91 Å². The number of hydrogen-bond donors (Lipinski definition) is 0. The highest BCUT2D eigenvalue weighted by Crippen LogP contribution is 2.24. The Kier molecular flexibility index (Phi) is 3.88. The zero-order valence-electron chi connectivity index (χ0n) is 9.97. The number of aromatic nitrogens is 1. The van der Waals surface area contributed by atoms with E-state index in [0.717, 1.165) is 37.9 Å². The van der Waals surface area contributed by atoms with Gasteiger partial charge in [-0.2, -0.15) is 5.26 Å². The molecule has 0 unspecified atom stereocenters. The van der Waals surface area contributed by atoms with Gasteiger partial charge in [0, 0.05) is 12.2 Å². The Balaban J connectivity index is 2.20. The van der Waals surface area contributed by atoms with Gasteiger partial charge < -0.3 is 4.90 Å². The van der Waals surface area contributed by atoms with Crippen LogP contribution in [0.3, 0.4) is 0 Å². The monoisotopic (exact) mass is 247 g/mol. The second-order valence-electron chi connectivity index (χ2n) is 4.42. The molecule has 1 aromatic rings. The van der Waals surface area contributed by atoms with E-state index in [0.29, 0.717) is 0 Å². The third kappa shape index (κ3) is 2.65. The molecule has 5 heteroatoms. The SMILES string of the molecule is N#CCN(C(=O)c1cncc(F)c1)C1CCCC1. The lowest BCUT2D eigenvalue weighted by Crippen LogP contribution is -2.39. The van der Waals surface area contributed by atoms with Crippen molar-refractivity contribution in [1.82, 2.24) is 9.88 Å². The van der Waals surface area contributed by atoms with Gasteiger partial charge in [-0.15, -0.1) is 0 Å². The molecule has 0 saturated heterocycles. The molecule has 1 aliphatic rings. The van der Waals surface area contributed by atoms with Crippen LogP contribution in [0.4, 0.5) is 4.39 Å². The molecule has 0 aromatic carbocycles. The maximum absolute atomic E-state index is 13.1. The van der Waals surface area contributed by atoms with E-state index in [-0.39, 0.29) is 24.1 Å². The van der Waals surface area contributed by atoms with E-state index in [4.69, 9.17) is 5.26 Å². The van der Waals surface area contributed by atoms with E-state index in [9.17, 15) is 9.18 Å². The number of carbonyl (C=O) groups excluding carboxylic acids is 1. The van der Waals surface area contributed by atoms with Crippen molar-refractivity contribution in [2.45, 2.75) is 31.7 Å². The van der Waals surface area contributed by atoms with Gasteiger partial charge in [-0.1, -0.05) is 12.8 Å². The lowest BCUT2D eigenvalue weighted by molar-refractivity contribution is 0.0708. The number of nitrogens with zero attached hydrogens (tertiary/aromatic N) is 3. The van der Waals surface area contributed by atoms with Crippen LogP contribution in [0.25, 0.3) is 0 Å². The smallest absolute Gasteiger partial charge is 0.256 e. The molecule has 94 valence electrons. The molecule has 0 aliphatic heterocycles. The topological polar surface area (TPSA) is 57.0 Å². The zero-order chi connectivity index (χ0) is 13.0. The van der Waals surface area contributed by atoms with Gasteiger partial charge in [-0.25, -0.2) is 4.39 Å². The first-order valence-corrected chi connectivity index (χ1v) is 6.01.